The predicted molar refractivity (Wildman–Crippen MR) is 116 cm³/mol. The molecule has 1 aromatic carbocycles. The summed E-state index contributed by atoms with van der Waals surface area (Å²) in [7, 11) is -1.82. The zero-order chi connectivity index (χ0) is 22.3. The van der Waals surface area contributed by atoms with Crippen molar-refractivity contribution >= 4 is 38.4 Å². The van der Waals surface area contributed by atoms with Crippen molar-refractivity contribution in [2.75, 3.05) is 23.9 Å². The van der Waals surface area contributed by atoms with Crippen molar-refractivity contribution in [1.82, 2.24) is 14.8 Å². The molecule has 1 N–H and O–H groups in total. The van der Waals surface area contributed by atoms with Gasteiger partial charge in [0.2, 0.25) is 5.91 Å². The van der Waals surface area contributed by atoms with Gasteiger partial charge in [-0.3, -0.25) is 4.79 Å². The summed E-state index contributed by atoms with van der Waals surface area (Å²) in [5.41, 5.74) is 3.23. The molecule has 9 nitrogen and oxygen atoms in total. The van der Waals surface area contributed by atoms with Gasteiger partial charge in [-0.25, -0.2) is 22.9 Å². The molecule has 0 saturated carbocycles. The van der Waals surface area contributed by atoms with Crippen LogP contribution in [0.5, 0.6) is 0 Å². The topological polar surface area (TPSA) is 120 Å². The molecule has 0 aliphatic carbocycles. The second-order valence-corrected chi connectivity index (χ2v) is 9.82. The quantitative estimate of drug-likeness (QED) is 0.616. The smallest absolute Gasteiger partial charge is 0.338 e. The third-order valence-electron chi connectivity index (χ3n) is 5.30. The second kappa shape index (κ2) is 7.77. The van der Waals surface area contributed by atoms with E-state index in [-0.39, 0.29) is 23.5 Å². The Morgan fingerprint density at radius 1 is 1.23 bits per heavy atom. The number of anilines is 1. The molecule has 1 fully saturated rings. The Labute approximate surface area is 179 Å². The number of carbonyl (C=O) groups excluding carboxylic acids is 2. The number of amides is 1. The van der Waals surface area contributed by atoms with E-state index in [1.165, 1.54) is 14.0 Å². The molecule has 1 aliphatic heterocycles. The number of hydrogen-bond acceptors (Lipinski definition) is 7. The fraction of sp³-hybridized carbons (Fsp3) is 0.333. The number of benzene rings is 1. The number of carbonyl (C=O) groups is 2. The van der Waals surface area contributed by atoms with Gasteiger partial charge in [0, 0.05) is 18.2 Å². The van der Waals surface area contributed by atoms with E-state index in [1.807, 2.05) is 0 Å². The highest BCUT2D eigenvalue weighted by Crippen LogP contribution is 2.32. The molecule has 0 spiro atoms. The summed E-state index contributed by atoms with van der Waals surface area (Å²) in [5.74, 6) is -0.600. The van der Waals surface area contributed by atoms with Gasteiger partial charge >= 0.3 is 5.97 Å². The van der Waals surface area contributed by atoms with E-state index in [9.17, 15) is 18.0 Å². The maximum atomic E-state index is 12.5. The van der Waals surface area contributed by atoms with Gasteiger partial charge < -0.3 is 10.1 Å². The molecule has 162 valence electrons. The van der Waals surface area contributed by atoms with E-state index in [2.05, 4.69) is 10.4 Å². The van der Waals surface area contributed by atoms with E-state index < -0.39 is 15.8 Å². The van der Waals surface area contributed by atoms with Crippen molar-refractivity contribution in [2.45, 2.75) is 26.3 Å². The van der Waals surface area contributed by atoms with Gasteiger partial charge in [0.05, 0.1) is 47.0 Å². The summed E-state index contributed by atoms with van der Waals surface area (Å²) in [6.45, 7) is 3.19. The lowest BCUT2D eigenvalue weighted by atomic mass is 10.1. The van der Waals surface area contributed by atoms with Crippen molar-refractivity contribution in [3.8, 4) is 11.3 Å². The number of methoxy groups -OCH3 is 1. The van der Waals surface area contributed by atoms with Gasteiger partial charge in [-0.1, -0.05) is 12.1 Å². The van der Waals surface area contributed by atoms with E-state index in [0.717, 1.165) is 5.56 Å². The van der Waals surface area contributed by atoms with Crippen LogP contribution < -0.4 is 5.32 Å². The minimum absolute atomic E-state index is 0.00586. The van der Waals surface area contributed by atoms with Crippen LogP contribution in [0.3, 0.4) is 0 Å². The fourth-order valence-electron chi connectivity index (χ4n) is 3.88. The van der Waals surface area contributed by atoms with Crippen LogP contribution in [0.25, 0.3) is 22.3 Å². The first-order chi connectivity index (χ1) is 14.7. The van der Waals surface area contributed by atoms with Crippen LogP contribution >= 0.6 is 0 Å². The molecule has 3 heterocycles. The highest BCUT2D eigenvalue weighted by molar-refractivity contribution is 7.91. The number of ether oxygens (including phenoxy) is 1. The number of fused-ring (bicyclic) bond motifs is 1. The number of sulfone groups is 1. The van der Waals surface area contributed by atoms with E-state index in [1.54, 1.807) is 41.9 Å². The Bertz CT molecular complexity index is 1300. The molecule has 0 radical (unpaired) electrons. The Morgan fingerprint density at radius 2 is 1.94 bits per heavy atom. The zero-order valence-corrected chi connectivity index (χ0v) is 18.2. The molecular formula is C21H22N4O5S. The number of aromatic nitrogens is 3. The van der Waals surface area contributed by atoms with Crippen LogP contribution in [0.15, 0.2) is 30.3 Å². The number of pyridine rings is 1. The van der Waals surface area contributed by atoms with Crippen LogP contribution in [0.4, 0.5) is 5.69 Å². The first-order valence-corrected chi connectivity index (χ1v) is 11.6. The Morgan fingerprint density at radius 3 is 2.52 bits per heavy atom. The molecular weight excluding hydrogens is 420 g/mol. The largest absolute Gasteiger partial charge is 0.465 e. The number of rotatable bonds is 4. The lowest BCUT2D eigenvalue weighted by Gasteiger charge is -2.12. The van der Waals surface area contributed by atoms with Gasteiger partial charge in [0.1, 0.15) is 0 Å². The number of nitrogens with one attached hydrogen (secondary N) is 1. The van der Waals surface area contributed by atoms with Crippen molar-refractivity contribution in [3.05, 3.63) is 41.6 Å². The molecule has 3 aromatic rings. The summed E-state index contributed by atoms with van der Waals surface area (Å²) in [6.07, 6.45) is 0.448. The maximum absolute atomic E-state index is 12.5. The van der Waals surface area contributed by atoms with Crippen LogP contribution in [-0.4, -0.2) is 53.7 Å². The van der Waals surface area contributed by atoms with Gasteiger partial charge in [0.15, 0.2) is 15.5 Å². The summed E-state index contributed by atoms with van der Waals surface area (Å²) < 4.78 is 30.6. The maximum Gasteiger partial charge on any atom is 0.338 e. The third-order valence-corrected chi connectivity index (χ3v) is 7.05. The molecule has 1 amide bonds. The third kappa shape index (κ3) is 4.02. The Balaban J connectivity index is 1.88. The fourth-order valence-corrected chi connectivity index (χ4v) is 5.57. The lowest BCUT2D eigenvalue weighted by Crippen LogP contribution is -2.13. The van der Waals surface area contributed by atoms with E-state index in [0.29, 0.717) is 40.1 Å². The van der Waals surface area contributed by atoms with E-state index in [4.69, 9.17) is 9.72 Å². The Kier molecular flexibility index (Phi) is 5.26. The number of hydrogen-bond donors (Lipinski definition) is 1. The minimum Gasteiger partial charge on any atom is -0.465 e. The summed E-state index contributed by atoms with van der Waals surface area (Å²) in [6, 6.07) is 8.37. The monoisotopic (exact) mass is 442 g/mol. The molecule has 10 heteroatoms. The number of esters is 1. The minimum atomic E-state index is -3.13. The SMILES string of the molecule is COC(=O)c1cc(-c2ccc(NC(C)=O)cc2)nc2c1c(C)nn2C1CCS(=O)(=O)C1. The van der Waals surface area contributed by atoms with Gasteiger partial charge in [-0.15, -0.1) is 0 Å². The highest BCUT2D eigenvalue weighted by atomic mass is 32.2. The zero-order valence-electron chi connectivity index (χ0n) is 17.4. The lowest BCUT2D eigenvalue weighted by molar-refractivity contribution is -0.114. The van der Waals surface area contributed by atoms with Gasteiger partial charge in [-0.05, 0) is 31.5 Å². The first kappa shape index (κ1) is 21.0. The molecule has 2 aromatic heterocycles. The van der Waals surface area contributed by atoms with Gasteiger partial charge in [0.25, 0.3) is 0 Å². The number of nitrogens with zero attached hydrogens (tertiary/aromatic N) is 3. The van der Waals surface area contributed by atoms with Crippen LogP contribution in [-0.2, 0) is 19.4 Å². The molecule has 31 heavy (non-hydrogen) atoms. The van der Waals surface area contributed by atoms with Crippen molar-refractivity contribution in [1.29, 1.82) is 0 Å². The molecule has 1 unspecified atom stereocenters. The second-order valence-electron chi connectivity index (χ2n) is 7.59. The normalized spacial score (nSPS) is 17.6. The average molecular weight is 442 g/mol. The van der Waals surface area contributed by atoms with E-state index >= 15 is 0 Å². The number of aryl methyl sites for hydroxylation is 1. The Hall–Kier alpha value is -3.27. The van der Waals surface area contributed by atoms with Crippen LogP contribution in [0.2, 0.25) is 0 Å². The molecule has 4 rings (SSSR count). The standard InChI is InChI=1S/C21H22N4O5S/c1-12-19-17(21(27)30-3)10-18(14-4-6-15(7-5-14)22-13(2)26)23-20(19)25(24-12)16-8-9-31(28,29)11-16/h4-7,10,16H,8-9,11H2,1-3H3,(H,22,26). The van der Waals surface area contributed by atoms with Crippen LogP contribution in [0, 0.1) is 6.92 Å². The van der Waals surface area contributed by atoms with Crippen molar-refractivity contribution < 1.29 is 22.7 Å². The average Bonchev–Trinajstić information content (AvgIpc) is 3.26. The summed E-state index contributed by atoms with van der Waals surface area (Å²) >= 11 is 0. The summed E-state index contributed by atoms with van der Waals surface area (Å²) in [4.78, 5) is 28.5. The molecule has 0 bridgehead atoms. The first-order valence-electron chi connectivity index (χ1n) is 9.75. The molecule has 1 saturated heterocycles. The molecule has 1 aliphatic rings. The van der Waals surface area contributed by atoms with Crippen molar-refractivity contribution in [3.63, 3.8) is 0 Å². The molecule has 1 atom stereocenters. The highest BCUT2D eigenvalue weighted by Gasteiger charge is 2.32. The van der Waals surface area contributed by atoms with Gasteiger partial charge in [-0.2, -0.15) is 5.10 Å². The van der Waals surface area contributed by atoms with Crippen molar-refractivity contribution in [2.24, 2.45) is 0 Å². The predicted octanol–water partition coefficient (Wildman–Crippen LogP) is 2.51. The summed E-state index contributed by atoms with van der Waals surface area (Å²) in [5, 5.41) is 7.79. The van der Waals surface area contributed by atoms with Crippen LogP contribution in [0.1, 0.15) is 35.4 Å².